The van der Waals surface area contributed by atoms with E-state index in [1.165, 1.54) is 24.4 Å². The number of nitrogens with zero attached hydrogens (tertiary/aromatic N) is 1. The van der Waals surface area contributed by atoms with Crippen molar-refractivity contribution in [1.82, 2.24) is 4.73 Å². The fourth-order valence-corrected chi connectivity index (χ4v) is 2.47. The first-order chi connectivity index (χ1) is 13.6. The van der Waals surface area contributed by atoms with Crippen LogP contribution < -0.4 is 20.5 Å². The highest BCUT2D eigenvalue weighted by Gasteiger charge is 2.13. The molecule has 1 heterocycles. The summed E-state index contributed by atoms with van der Waals surface area (Å²) < 4.78 is 19.3. The van der Waals surface area contributed by atoms with E-state index in [1.807, 2.05) is 6.92 Å². The van der Waals surface area contributed by atoms with Crippen LogP contribution in [0, 0.1) is 5.82 Å². The van der Waals surface area contributed by atoms with Crippen molar-refractivity contribution in [2.24, 2.45) is 0 Å². The number of rotatable bonds is 7. The third kappa shape index (κ3) is 4.76. The van der Waals surface area contributed by atoms with Crippen LogP contribution in [0.4, 0.5) is 10.1 Å². The molecule has 0 atom stereocenters. The van der Waals surface area contributed by atoms with Crippen LogP contribution in [0.3, 0.4) is 0 Å². The van der Waals surface area contributed by atoms with E-state index in [0.717, 1.165) is 4.73 Å². The number of hydrogen-bond acceptors (Lipinski definition) is 4. The van der Waals surface area contributed by atoms with E-state index in [4.69, 9.17) is 9.57 Å². The summed E-state index contributed by atoms with van der Waals surface area (Å²) in [5.41, 5.74) is 0.580. The van der Waals surface area contributed by atoms with Crippen LogP contribution in [-0.2, 0) is 6.61 Å². The number of amides is 1. The zero-order chi connectivity index (χ0) is 19.9. The maximum Gasteiger partial charge on any atom is 0.295 e. The molecule has 1 amide bonds. The van der Waals surface area contributed by atoms with Crippen molar-refractivity contribution in [2.45, 2.75) is 13.5 Å². The topological polar surface area (TPSA) is 69.6 Å². The van der Waals surface area contributed by atoms with Crippen molar-refractivity contribution in [1.29, 1.82) is 0 Å². The van der Waals surface area contributed by atoms with Crippen molar-refractivity contribution >= 4 is 11.6 Å². The van der Waals surface area contributed by atoms with Crippen LogP contribution in [0.15, 0.2) is 71.7 Å². The zero-order valence-electron chi connectivity index (χ0n) is 15.2. The Morgan fingerprint density at radius 2 is 1.79 bits per heavy atom. The monoisotopic (exact) mass is 382 g/mol. The van der Waals surface area contributed by atoms with Crippen molar-refractivity contribution in [3.8, 4) is 5.75 Å². The van der Waals surface area contributed by atoms with Gasteiger partial charge in [0, 0.05) is 11.9 Å². The number of benzene rings is 2. The van der Waals surface area contributed by atoms with E-state index in [1.54, 1.807) is 42.5 Å². The van der Waals surface area contributed by atoms with Gasteiger partial charge in [-0.05, 0) is 61.0 Å². The number of carbonyl (C=O) groups excluding carboxylic acids is 1. The minimum Gasteiger partial charge on any atom is -0.494 e. The van der Waals surface area contributed by atoms with E-state index in [0.29, 0.717) is 23.6 Å². The lowest BCUT2D eigenvalue weighted by Gasteiger charge is -2.10. The summed E-state index contributed by atoms with van der Waals surface area (Å²) in [7, 11) is 0. The highest BCUT2D eigenvalue weighted by Crippen LogP contribution is 2.16. The third-order valence-corrected chi connectivity index (χ3v) is 3.87. The molecule has 0 radical (unpaired) electrons. The van der Waals surface area contributed by atoms with Gasteiger partial charge in [-0.15, -0.1) is 0 Å². The second kappa shape index (κ2) is 8.85. The van der Waals surface area contributed by atoms with E-state index in [2.05, 4.69) is 5.32 Å². The Labute approximate surface area is 161 Å². The number of hydrogen-bond donors (Lipinski definition) is 1. The van der Waals surface area contributed by atoms with Gasteiger partial charge in [-0.1, -0.05) is 12.1 Å². The van der Waals surface area contributed by atoms with E-state index in [-0.39, 0.29) is 18.0 Å². The third-order valence-electron chi connectivity index (χ3n) is 3.87. The average molecular weight is 382 g/mol. The van der Waals surface area contributed by atoms with Crippen molar-refractivity contribution in [2.75, 3.05) is 11.9 Å². The van der Waals surface area contributed by atoms with Gasteiger partial charge in [-0.3, -0.25) is 9.59 Å². The summed E-state index contributed by atoms with van der Waals surface area (Å²) in [5.74, 6) is -0.209. The maximum atomic E-state index is 12.9. The quantitative estimate of drug-likeness (QED) is 0.681. The SMILES string of the molecule is CCOc1ccc(NC(=O)c2cccn(OCc3ccc(F)cc3)c2=O)cc1. The van der Waals surface area contributed by atoms with Gasteiger partial charge >= 0.3 is 0 Å². The van der Waals surface area contributed by atoms with Crippen LogP contribution in [0.25, 0.3) is 0 Å². The normalized spacial score (nSPS) is 10.4. The fourth-order valence-electron chi connectivity index (χ4n) is 2.47. The Morgan fingerprint density at radius 1 is 1.07 bits per heavy atom. The minimum absolute atomic E-state index is 0.0597. The van der Waals surface area contributed by atoms with Gasteiger partial charge < -0.3 is 14.9 Å². The lowest BCUT2D eigenvalue weighted by Crippen LogP contribution is -2.32. The molecule has 144 valence electrons. The Kier molecular flexibility index (Phi) is 6.06. The van der Waals surface area contributed by atoms with Gasteiger partial charge in [-0.2, -0.15) is 4.73 Å². The standard InChI is InChI=1S/C21H19FN2O4/c1-2-27-18-11-9-17(10-12-18)23-20(25)19-4-3-13-24(21(19)26)28-14-15-5-7-16(22)8-6-15/h3-13H,2,14H2,1H3,(H,23,25). The molecule has 0 aliphatic heterocycles. The summed E-state index contributed by atoms with van der Waals surface area (Å²) in [5, 5.41) is 2.67. The van der Waals surface area contributed by atoms with Crippen LogP contribution >= 0.6 is 0 Å². The van der Waals surface area contributed by atoms with Crippen LogP contribution in [0.1, 0.15) is 22.8 Å². The molecule has 7 heteroatoms. The predicted octanol–water partition coefficient (Wildman–Crippen LogP) is 3.27. The maximum absolute atomic E-state index is 12.9. The molecule has 0 fully saturated rings. The number of ether oxygens (including phenoxy) is 1. The van der Waals surface area contributed by atoms with Crippen molar-refractivity contribution < 1.29 is 18.8 Å². The van der Waals surface area contributed by atoms with Crippen LogP contribution in [0.2, 0.25) is 0 Å². The molecular weight excluding hydrogens is 363 g/mol. The molecule has 0 saturated heterocycles. The summed E-state index contributed by atoms with van der Waals surface area (Å²) in [4.78, 5) is 30.4. The molecule has 0 bridgehead atoms. The highest BCUT2D eigenvalue weighted by molar-refractivity contribution is 6.03. The van der Waals surface area contributed by atoms with Gasteiger partial charge in [0.05, 0.1) is 6.61 Å². The molecule has 3 rings (SSSR count). The molecule has 0 aliphatic carbocycles. The van der Waals surface area contributed by atoms with E-state index >= 15 is 0 Å². The first-order valence-electron chi connectivity index (χ1n) is 8.70. The van der Waals surface area contributed by atoms with Gasteiger partial charge in [0.2, 0.25) is 0 Å². The second-order valence-electron chi connectivity index (χ2n) is 5.86. The number of anilines is 1. The van der Waals surface area contributed by atoms with Gasteiger partial charge in [0.25, 0.3) is 11.5 Å². The first-order valence-corrected chi connectivity index (χ1v) is 8.70. The summed E-state index contributed by atoms with van der Waals surface area (Å²) in [6.45, 7) is 2.49. The van der Waals surface area contributed by atoms with Crippen LogP contribution in [0.5, 0.6) is 5.75 Å². The molecule has 0 spiro atoms. The van der Waals surface area contributed by atoms with Crippen molar-refractivity contribution in [3.63, 3.8) is 0 Å². The Hall–Kier alpha value is -3.61. The average Bonchev–Trinajstić information content (AvgIpc) is 2.70. The molecule has 28 heavy (non-hydrogen) atoms. The molecule has 3 aromatic rings. The number of carbonyl (C=O) groups is 1. The molecule has 0 unspecified atom stereocenters. The molecule has 1 aromatic heterocycles. The summed E-state index contributed by atoms with van der Waals surface area (Å²) in [6.07, 6.45) is 1.42. The molecular formula is C21H19FN2O4. The fraction of sp³-hybridized carbons (Fsp3) is 0.143. The van der Waals surface area contributed by atoms with E-state index < -0.39 is 11.5 Å². The molecule has 1 N–H and O–H groups in total. The lowest BCUT2D eigenvalue weighted by atomic mass is 10.2. The molecule has 6 nitrogen and oxygen atoms in total. The van der Waals surface area contributed by atoms with Gasteiger partial charge in [0.1, 0.15) is 23.7 Å². The second-order valence-corrected chi connectivity index (χ2v) is 5.86. The van der Waals surface area contributed by atoms with E-state index in [9.17, 15) is 14.0 Å². The summed E-state index contributed by atoms with van der Waals surface area (Å²) >= 11 is 0. The Morgan fingerprint density at radius 3 is 2.46 bits per heavy atom. The predicted molar refractivity (Wildman–Crippen MR) is 103 cm³/mol. The number of aromatic nitrogens is 1. The van der Waals surface area contributed by atoms with Crippen molar-refractivity contribution in [3.05, 3.63) is 94.2 Å². The lowest BCUT2D eigenvalue weighted by molar-refractivity contribution is 0.0863. The number of halogens is 1. The van der Waals surface area contributed by atoms with Gasteiger partial charge in [-0.25, -0.2) is 4.39 Å². The van der Waals surface area contributed by atoms with Crippen LogP contribution in [-0.4, -0.2) is 17.2 Å². The highest BCUT2D eigenvalue weighted by atomic mass is 19.1. The van der Waals surface area contributed by atoms with Gasteiger partial charge in [0.15, 0.2) is 0 Å². The smallest absolute Gasteiger partial charge is 0.295 e. The Balaban J connectivity index is 1.69. The molecule has 2 aromatic carbocycles. The minimum atomic E-state index is -0.590. The largest absolute Gasteiger partial charge is 0.494 e. The molecule has 0 saturated carbocycles. The first kappa shape index (κ1) is 19.2. The Bertz CT molecular complexity index is 998. The number of nitrogens with one attached hydrogen (secondary N) is 1. The molecule has 0 aliphatic rings. The number of pyridine rings is 1. The zero-order valence-corrected chi connectivity index (χ0v) is 15.2. The summed E-state index contributed by atoms with van der Waals surface area (Å²) in [6, 6.07) is 15.5.